The highest BCUT2D eigenvalue weighted by molar-refractivity contribution is 5.97. The molecule has 7 aromatic rings. The van der Waals surface area contributed by atoms with E-state index in [0.29, 0.717) is 0 Å². The van der Waals surface area contributed by atoms with Gasteiger partial charge in [0, 0.05) is 44.3 Å². The summed E-state index contributed by atoms with van der Waals surface area (Å²) in [7, 11) is 3.38. The van der Waals surface area contributed by atoms with Crippen LogP contribution in [0, 0.1) is 0 Å². The number of rotatable bonds is 8. The van der Waals surface area contributed by atoms with Crippen LogP contribution in [-0.4, -0.2) is 34.2 Å². The molecule has 0 saturated carbocycles. The Morgan fingerprint density at radius 2 is 0.821 bits per heavy atom. The van der Waals surface area contributed by atoms with Crippen LogP contribution in [0.2, 0.25) is 0 Å². The third-order valence-corrected chi connectivity index (χ3v) is 10.0. The highest BCUT2D eigenvalue weighted by Crippen LogP contribution is 2.36. The van der Waals surface area contributed by atoms with E-state index < -0.39 is 0 Å². The summed E-state index contributed by atoms with van der Waals surface area (Å²) in [5.74, 6) is 1.54. The van der Waals surface area contributed by atoms with Crippen LogP contribution in [0.25, 0.3) is 92.9 Å². The fourth-order valence-electron chi connectivity index (χ4n) is 7.25. The summed E-state index contributed by atoms with van der Waals surface area (Å²) in [6.45, 7) is 0. The molecule has 6 nitrogen and oxygen atoms in total. The van der Waals surface area contributed by atoms with Crippen LogP contribution in [-0.2, 0) is 0 Å². The van der Waals surface area contributed by atoms with E-state index in [1.165, 1.54) is 0 Å². The van der Waals surface area contributed by atoms with Crippen molar-refractivity contribution < 1.29 is 9.47 Å². The average molecular weight is 727 g/mol. The molecular formula is C50H38N4O2. The molecule has 0 unspecified atom stereocenters. The SMILES string of the molecule is COc1cccc(-c2c3nc(c(/C=C/c4ccccc4)c4ccc([nH]4)c(-c4cccc(OC)c4)c4nc(c(/C=C/c5ccccc5)c5ccc2[nH]5)C=C4)C=C3)c1. The number of methoxy groups -OCH3 is 2. The molecule has 0 fully saturated rings. The molecule has 2 aliphatic rings. The fraction of sp³-hybridized carbons (Fsp3) is 0.0400. The van der Waals surface area contributed by atoms with Gasteiger partial charge in [-0.15, -0.1) is 0 Å². The summed E-state index contributed by atoms with van der Waals surface area (Å²) < 4.78 is 11.4. The summed E-state index contributed by atoms with van der Waals surface area (Å²) in [5.41, 5.74) is 15.1. The lowest BCUT2D eigenvalue weighted by Gasteiger charge is -2.07. The molecular weight excluding hydrogens is 689 g/mol. The quantitative estimate of drug-likeness (QED) is 0.163. The van der Waals surface area contributed by atoms with Gasteiger partial charge in [-0.1, -0.05) is 109 Å². The molecule has 3 aromatic heterocycles. The Morgan fingerprint density at radius 1 is 0.411 bits per heavy atom. The van der Waals surface area contributed by atoms with E-state index in [0.717, 1.165) is 101 Å². The van der Waals surface area contributed by atoms with Crippen molar-refractivity contribution in [3.05, 3.63) is 178 Å². The van der Waals surface area contributed by atoms with Crippen LogP contribution in [0.15, 0.2) is 133 Å². The zero-order chi connectivity index (χ0) is 37.8. The fourth-order valence-corrected chi connectivity index (χ4v) is 7.25. The molecule has 6 heteroatoms. The Hall–Kier alpha value is -7.44. The number of fused-ring (bicyclic) bond motifs is 8. The molecule has 5 heterocycles. The molecule has 8 bridgehead atoms. The molecule has 0 saturated heterocycles. The highest BCUT2D eigenvalue weighted by Gasteiger charge is 2.17. The zero-order valence-electron chi connectivity index (χ0n) is 31.0. The Kier molecular flexibility index (Phi) is 9.27. The van der Waals surface area contributed by atoms with Gasteiger partial charge in [0.1, 0.15) is 11.5 Å². The first kappa shape index (κ1) is 34.3. The first-order valence-electron chi connectivity index (χ1n) is 18.5. The van der Waals surface area contributed by atoms with Gasteiger partial charge in [-0.25, -0.2) is 9.97 Å². The van der Waals surface area contributed by atoms with Crippen molar-refractivity contribution >= 4 is 70.7 Å². The van der Waals surface area contributed by atoms with Gasteiger partial charge in [0.15, 0.2) is 0 Å². The summed E-state index contributed by atoms with van der Waals surface area (Å²) in [6.07, 6.45) is 16.9. The largest absolute Gasteiger partial charge is 0.497 e. The predicted molar refractivity (Wildman–Crippen MR) is 234 cm³/mol. The number of H-pyrrole nitrogens is 2. The van der Waals surface area contributed by atoms with Gasteiger partial charge in [0.2, 0.25) is 0 Å². The van der Waals surface area contributed by atoms with Gasteiger partial charge >= 0.3 is 0 Å². The minimum atomic E-state index is 0.771. The monoisotopic (exact) mass is 726 g/mol. The van der Waals surface area contributed by atoms with E-state index in [2.05, 4.69) is 131 Å². The topological polar surface area (TPSA) is 75.8 Å². The Morgan fingerprint density at radius 3 is 1.25 bits per heavy atom. The maximum Gasteiger partial charge on any atom is 0.119 e. The molecule has 4 aromatic carbocycles. The van der Waals surface area contributed by atoms with Gasteiger partial charge in [-0.2, -0.15) is 0 Å². The second-order valence-corrected chi connectivity index (χ2v) is 13.5. The van der Waals surface area contributed by atoms with Crippen LogP contribution in [0.3, 0.4) is 0 Å². The number of nitrogens with one attached hydrogen (secondary N) is 2. The molecule has 0 spiro atoms. The maximum atomic E-state index is 5.69. The van der Waals surface area contributed by atoms with Crippen molar-refractivity contribution in [2.45, 2.75) is 0 Å². The number of benzene rings is 4. The zero-order valence-corrected chi connectivity index (χ0v) is 31.0. The molecule has 56 heavy (non-hydrogen) atoms. The molecule has 0 radical (unpaired) electrons. The van der Waals surface area contributed by atoms with Gasteiger partial charge in [0.25, 0.3) is 0 Å². The second kappa shape index (κ2) is 15.1. The summed E-state index contributed by atoms with van der Waals surface area (Å²) in [5, 5.41) is 0. The van der Waals surface area contributed by atoms with Crippen LogP contribution in [0.1, 0.15) is 45.0 Å². The smallest absolute Gasteiger partial charge is 0.119 e. The van der Waals surface area contributed by atoms with Crippen LogP contribution in [0.5, 0.6) is 11.5 Å². The molecule has 0 aliphatic carbocycles. The van der Waals surface area contributed by atoms with Crippen molar-refractivity contribution in [3.63, 3.8) is 0 Å². The van der Waals surface area contributed by atoms with Crippen molar-refractivity contribution in [2.24, 2.45) is 0 Å². The number of hydrogen-bond donors (Lipinski definition) is 2. The van der Waals surface area contributed by atoms with Gasteiger partial charge in [-0.05, 0) is 95.1 Å². The van der Waals surface area contributed by atoms with Crippen LogP contribution < -0.4 is 9.47 Å². The number of hydrogen-bond acceptors (Lipinski definition) is 4. The third kappa shape index (κ3) is 6.88. The van der Waals surface area contributed by atoms with E-state index in [1.54, 1.807) is 14.2 Å². The summed E-state index contributed by atoms with van der Waals surface area (Å²) >= 11 is 0. The first-order chi connectivity index (χ1) is 27.6. The molecule has 9 rings (SSSR count). The second-order valence-electron chi connectivity index (χ2n) is 13.5. The number of nitrogens with zero attached hydrogens (tertiary/aromatic N) is 2. The predicted octanol–water partition coefficient (Wildman–Crippen LogP) is 12.3. The van der Waals surface area contributed by atoms with Crippen molar-refractivity contribution in [2.75, 3.05) is 14.2 Å². The van der Waals surface area contributed by atoms with Crippen molar-refractivity contribution in [3.8, 4) is 33.8 Å². The number of ether oxygens (including phenoxy) is 2. The number of aromatic nitrogens is 4. The molecule has 2 N–H and O–H groups in total. The van der Waals surface area contributed by atoms with E-state index >= 15 is 0 Å². The molecule has 2 aliphatic heterocycles. The van der Waals surface area contributed by atoms with Crippen LogP contribution >= 0.6 is 0 Å². The normalized spacial score (nSPS) is 12.2. The highest BCUT2D eigenvalue weighted by atomic mass is 16.5. The van der Waals surface area contributed by atoms with Crippen molar-refractivity contribution in [1.29, 1.82) is 0 Å². The summed E-state index contributed by atoms with van der Waals surface area (Å²) in [4.78, 5) is 18.3. The Labute approximate surface area is 325 Å². The Bertz CT molecular complexity index is 2680. The minimum absolute atomic E-state index is 0.771. The van der Waals surface area contributed by atoms with Gasteiger partial charge in [0.05, 0.1) is 37.0 Å². The Balaban J connectivity index is 1.41. The lowest BCUT2D eigenvalue weighted by atomic mass is 10.0. The van der Waals surface area contributed by atoms with Gasteiger partial charge in [-0.3, -0.25) is 0 Å². The number of aromatic amines is 2. The minimum Gasteiger partial charge on any atom is -0.497 e. The van der Waals surface area contributed by atoms with Crippen molar-refractivity contribution in [1.82, 2.24) is 19.9 Å². The first-order valence-corrected chi connectivity index (χ1v) is 18.5. The average Bonchev–Trinajstić information content (AvgIpc) is 4.10. The lowest BCUT2D eigenvalue weighted by Crippen LogP contribution is -1.90. The molecule has 0 amide bonds. The lowest BCUT2D eigenvalue weighted by molar-refractivity contribution is 0.415. The van der Waals surface area contributed by atoms with E-state index in [9.17, 15) is 0 Å². The van der Waals surface area contributed by atoms with Crippen LogP contribution in [0.4, 0.5) is 0 Å². The third-order valence-electron chi connectivity index (χ3n) is 10.0. The van der Waals surface area contributed by atoms with E-state index in [1.807, 2.05) is 60.7 Å². The molecule has 270 valence electrons. The standard InChI is InChI=1S/C50H38N4O2/c1-55-37-17-9-15-35(31-37)49-45-27-23-41(51-45)39(21-19-33-11-5-3-6-12-33)43-25-29-47(53-43)50(36-16-10-18-38(32-36)56-2)48-30-26-44(54-48)40(42-24-28-46(49)52-42)22-20-34-13-7-4-8-14-34/h3-32,51,54H,1-2H3/b21-19+,22-20+,41-39?,42-40?,43-39?,44-40?,49-45?,49-46?,50-47?,50-48?. The molecule has 0 atom stereocenters. The van der Waals surface area contributed by atoms with E-state index in [4.69, 9.17) is 19.4 Å². The summed E-state index contributed by atoms with van der Waals surface area (Å²) in [6, 6.07) is 45.4. The van der Waals surface area contributed by atoms with Gasteiger partial charge < -0.3 is 19.4 Å². The maximum absolute atomic E-state index is 5.69. The van der Waals surface area contributed by atoms with E-state index in [-0.39, 0.29) is 0 Å².